The van der Waals surface area contributed by atoms with Gasteiger partial charge in [0.2, 0.25) is 0 Å². The fraction of sp³-hybridized carbons (Fsp3) is 0.105. The van der Waals surface area contributed by atoms with Crippen molar-refractivity contribution in [2.75, 3.05) is 11.9 Å². The molecule has 0 atom stereocenters. The van der Waals surface area contributed by atoms with Gasteiger partial charge in [-0.15, -0.1) is 0 Å². The van der Waals surface area contributed by atoms with Gasteiger partial charge in [-0.3, -0.25) is 9.59 Å². The maximum absolute atomic E-state index is 12.3. The molecule has 0 saturated carbocycles. The van der Waals surface area contributed by atoms with Crippen LogP contribution in [0.4, 0.5) is 18.9 Å². The Labute approximate surface area is 158 Å². The molecule has 0 saturated heterocycles. The van der Waals surface area contributed by atoms with E-state index < -0.39 is 24.5 Å². The number of alkyl halides is 3. The van der Waals surface area contributed by atoms with Gasteiger partial charge in [-0.25, -0.2) is 4.68 Å². The number of hydrogen-bond acceptors (Lipinski definition) is 3. The second-order valence-corrected chi connectivity index (χ2v) is 5.81. The number of amides is 2. The van der Waals surface area contributed by atoms with E-state index in [2.05, 4.69) is 10.4 Å². The quantitative estimate of drug-likeness (QED) is 0.703. The number of carbonyl (C=O) groups excluding carboxylic acids is 2. The van der Waals surface area contributed by atoms with E-state index in [1.807, 2.05) is 30.3 Å². The highest BCUT2D eigenvalue weighted by Gasteiger charge is 2.27. The van der Waals surface area contributed by atoms with Gasteiger partial charge in [0.15, 0.2) is 5.69 Å². The van der Waals surface area contributed by atoms with Gasteiger partial charge in [0, 0.05) is 17.4 Å². The standard InChI is InChI=1S/C19H15F3N4O2/c20-19(21,22)12-23-17(27)13-6-8-14(9-7-13)24-18(28)16-10-11-26(25-16)15-4-2-1-3-5-15/h1-11H,12H2,(H,23,27)(H,24,28). The molecular weight excluding hydrogens is 373 g/mol. The van der Waals surface area contributed by atoms with Crippen LogP contribution in [0.15, 0.2) is 66.9 Å². The van der Waals surface area contributed by atoms with Gasteiger partial charge >= 0.3 is 6.18 Å². The topological polar surface area (TPSA) is 76.0 Å². The number of benzene rings is 2. The maximum Gasteiger partial charge on any atom is 0.405 e. The number of halogens is 3. The largest absolute Gasteiger partial charge is 0.405 e. The number of aromatic nitrogens is 2. The van der Waals surface area contributed by atoms with Crippen molar-refractivity contribution in [3.63, 3.8) is 0 Å². The zero-order valence-electron chi connectivity index (χ0n) is 14.4. The minimum Gasteiger partial charge on any atom is -0.343 e. The predicted octanol–water partition coefficient (Wildman–Crippen LogP) is 3.42. The van der Waals surface area contributed by atoms with Crippen LogP contribution in [0.5, 0.6) is 0 Å². The highest BCUT2D eigenvalue weighted by Crippen LogP contribution is 2.14. The molecule has 0 aliphatic heterocycles. The Morgan fingerprint density at radius 3 is 2.25 bits per heavy atom. The fourth-order valence-electron chi connectivity index (χ4n) is 2.35. The number of para-hydroxylation sites is 1. The Morgan fingerprint density at radius 1 is 0.929 bits per heavy atom. The van der Waals surface area contributed by atoms with Crippen LogP contribution in [0, 0.1) is 0 Å². The van der Waals surface area contributed by atoms with E-state index in [0.717, 1.165) is 5.69 Å². The van der Waals surface area contributed by atoms with E-state index in [0.29, 0.717) is 5.69 Å². The Hall–Kier alpha value is -3.62. The van der Waals surface area contributed by atoms with E-state index in [9.17, 15) is 22.8 Å². The van der Waals surface area contributed by atoms with E-state index >= 15 is 0 Å². The van der Waals surface area contributed by atoms with Crippen LogP contribution < -0.4 is 10.6 Å². The summed E-state index contributed by atoms with van der Waals surface area (Å²) in [6.07, 6.45) is -2.83. The molecule has 0 aliphatic carbocycles. The molecule has 6 nitrogen and oxygen atoms in total. The molecule has 0 radical (unpaired) electrons. The summed E-state index contributed by atoms with van der Waals surface area (Å²) in [5.41, 5.74) is 1.42. The molecule has 2 N–H and O–H groups in total. The second kappa shape index (κ2) is 7.95. The average molecular weight is 388 g/mol. The third-order valence-corrected chi connectivity index (χ3v) is 3.70. The first-order valence-electron chi connectivity index (χ1n) is 8.19. The van der Waals surface area contributed by atoms with Gasteiger partial charge in [0.05, 0.1) is 5.69 Å². The molecule has 1 heterocycles. The number of anilines is 1. The van der Waals surface area contributed by atoms with Gasteiger partial charge in [0.1, 0.15) is 6.54 Å². The van der Waals surface area contributed by atoms with Crippen LogP contribution in [0.3, 0.4) is 0 Å². The lowest BCUT2D eigenvalue weighted by molar-refractivity contribution is -0.123. The van der Waals surface area contributed by atoms with Crippen molar-refractivity contribution in [3.8, 4) is 5.69 Å². The van der Waals surface area contributed by atoms with Gasteiger partial charge in [-0.2, -0.15) is 18.3 Å². The van der Waals surface area contributed by atoms with Crippen molar-refractivity contribution in [2.24, 2.45) is 0 Å². The summed E-state index contributed by atoms with van der Waals surface area (Å²) in [6, 6.07) is 16.3. The lowest BCUT2D eigenvalue weighted by Gasteiger charge is -2.09. The van der Waals surface area contributed by atoms with Crippen molar-refractivity contribution < 1.29 is 22.8 Å². The number of rotatable bonds is 5. The first-order valence-corrected chi connectivity index (χ1v) is 8.19. The molecule has 0 aliphatic rings. The fourth-order valence-corrected chi connectivity index (χ4v) is 2.35. The summed E-state index contributed by atoms with van der Waals surface area (Å²) in [6.45, 7) is -1.41. The van der Waals surface area contributed by atoms with Crippen LogP contribution in [0.2, 0.25) is 0 Å². The van der Waals surface area contributed by atoms with E-state index in [1.54, 1.807) is 22.3 Å². The Balaban J connectivity index is 1.62. The molecule has 0 fully saturated rings. The lowest BCUT2D eigenvalue weighted by atomic mass is 10.2. The Morgan fingerprint density at radius 2 is 1.61 bits per heavy atom. The summed E-state index contributed by atoms with van der Waals surface area (Å²) in [7, 11) is 0. The summed E-state index contributed by atoms with van der Waals surface area (Å²) in [5.74, 6) is -1.30. The molecule has 1 aromatic heterocycles. The first-order chi connectivity index (χ1) is 13.3. The van der Waals surface area contributed by atoms with Crippen LogP contribution in [-0.4, -0.2) is 34.3 Å². The van der Waals surface area contributed by atoms with Gasteiger partial charge in [-0.1, -0.05) is 18.2 Å². The zero-order valence-corrected chi connectivity index (χ0v) is 14.4. The summed E-state index contributed by atoms with van der Waals surface area (Å²) in [5, 5.41) is 8.60. The van der Waals surface area contributed by atoms with Crippen molar-refractivity contribution in [2.45, 2.75) is 6.18 Å². The molecular formula is C19H15F3N4O2. The molecule has 0 unspecified atom stereocenters. The maximum atomic E-state index is 12.3. The van der Waals surface area contributed by atoms with Gasteiger partial charge in [0.25, 0.3) is 11.8 Å². The summed E-state index contributed by atoms with van der Waals surface area (Å²) in [4.78, 5) is 24.0. The predicted molar refractivity (Wildman–Crippen MR) is 96.3 cm³/mol. The minimum atomic E-state index is -4.48. The van der Waals surface area contributed by atoms with Crippen LogP contribution >= 0.6 is 0 Å². The molecule has 2 amide bonds. The van der Waals surface area contributed by atoms with Crippen molar-refractivity contribution in [1.82, 2.24) is 15.1 Å². The molecule has 28 heavy (non-hydrogen) atoms. The molecule has 9 heteroatoms. The molecule has 0 bridgehead atoms. The summed E-state index contributed by atoms with van der Waals surface area (Å²) < 4.78 is 38.0. The van der Waals surface area contributed by atoms with E-state index in [-0.39, 0.29) is 11.3 Å². The molecule has 3 rings (SSSR count). The lowest BCUT2D eigenvalue weighted by Crippen LogP contribution is -2.33. The number of nitrogens with one attached hydrogen (secondary N) is 2. The molecule has 3 aromatic rings. The normalized spacial score (nSPS) is 11.1. The van der Waals surface area contributed by atoms with E-state index in [1.165, 1.54) is 24.3 Å². The highest BCUT2D eigenvalue weighted by atomic mass is 19.4. The minimum absolute atomic E-state index is 0.0515. The highest BCUT2D eigenvalue weighted by molar-refractivity contribution is 6.03. The van der Waals surface area contributed by atoms with Crippen LogP contribution in [0.25, 0.3) is 5.69 Å². The van der Waals surface area contributed by atoms with Crippen LogP contribution in [0.1, 0.15) is 20.8 Å². The monoisotopic (exact) mass is 388 g/mol. The van der Waals surface area contributed by atoms with Crippen molar-refractivity contribution in [1.29, 1.82) is 0 Å². The van der Waals surface area contributed by atoms with Crippen molar-refractivity contribution >= 4 is 17.5 Å². The number of carbonyl (C=O) groups is 2. The second-order valence-electron chi connectivity index (χ2n) is 5.81. The van der Waals surface area contributed by atoms with Gasteiger partial charge in [-0.05, 0) is 42.5 Å². The smallest absolute Gasteiger partial charge is 0.343 e. The Kier molecular flexibility index (Phi) is 5.44. The number of nitrogens with zero attached hydrogens (tertiary/aromatic N) is 2. The van der Waals surface area contributed by atoms with Crippen molar-refractivity contribution in [3.05, 3.63) is 78.1 Å². The molecule has 2 aromatic carbocycles. The third kappa shape index (κ3) is 4.97. The SMILES string of the molecule is O=C(NCC(F)(F)F)c1ccc(NC(=O)c2ccn(-c3ccccc3)n2)cc1. The first kappa shape index (κ1) is 19.2. The van der Waals surface area contributed by atoms with Crippen LogP contribution in [-0.2, 0) is 0 Å². The number of hydrogen-bond donors (Lipinski definition) is 2. The Bertz CT molecular complexity index is 967. The molecule has 0 spiro atoms. The zero-order chi connectivity index (χ0) is 20.1. The summed E-state index contributed by atoms with van der Waals surface area (Å²) >= 11 is 0. The molecule has 144 valence electrons. The third-order valence-electron chi connectivity index (χ3n) is 3.70. The van der Waals surface area contributed by atoms with Gasteiger partial charge < -0.3 is 10.6 Å². The average Bonchev–Trinajstić information content (AvgIpc) is 3.17. The van der Waals surface area contributed by atoms with E-state index in [4.69, 9.17) is 0 Å².